The van der Waals surface area contributed by atoms with Crippen LogP contribution in [0.3, 0.4) is 0 Å². The van der Waals surface area contributed by atoms with E-state index in [1.54, 1.807) is 61.5 Å². The zero-order valence-corrected chi connectivity index (χ0v) is 16.4. The van der Waals surface area contributed by atoms with E-state index in [-0.39, 0.29) is 19.9 Å². The number of nitrogens with zero attached hydrogens (tertiary/aromatic N) is 1. The molecule has 0 aliphatic carbocycles. The second kappa shape index (κ2) is 10.1. The van der Waals surface area contributed by atoms with Crippen molar-refractivity contribution < 1.29 is 33.3 Å². The van der Waals surface area contributed by atoms with Crippen molar-refractivity contribution >= 4 is 29.6 Å². The van der Waals surface area contributed by atoms with Gasteiger partial charge in [-0.25, -0.2) is 4.79 Å². The molecule has 0 radical (unpaired) electrons. The van der Waals surface area contributed by atoms with Crippen molar-refractivity contribution in [1.29, 1.82) is 0 Å². The highest BCUT2D eigenvalue weighted by atomic mass is 16.7. The zero-order valence-electron chi connectivity index (χ0n) is 16.4. The molecule has 1 amide bonds. The van der Waals surface area contributed by atoms with Crippen LogP contribution in [0, 0.1) is 0 Å². The van der Waals surface area contributed by atoms with Crippen molar-refractivity contribution in [2.75, 3.05) is 31.5 Å². The second-order valence-electron chi connectivity index (χ2n) is 6.17. The molecule has 0 bridgehead atoms. The van der Waals surface area contributed by atoms with Crippen LogP contribution in [0.2, 0.25) is 0 Å². The Balaban J connectivity index is 1.58. The third kappa shape index (κ3) is 5.60. The summed E-state index contributed by atoms with van der Waals surface area (Å²) < 4.78 is 20.5. The average Bonchev–Trinajstić information content (AvgIpc) is 3.23. The third-order valence-corrected chi connectivity index (χ3v) is 4.11. The highest BCUT2D eigenvalue weighted by Gasteiger charge is 2.21. The van der Waals surface area contributed by atoms with Crippen molar-refractivity contribution in [1.82, 2.24) is 0 Å². The molecule has 0 atom stereocenters. The van der Waals surface area contributed by atoms with Crippen LogP contribution in [-0.4, -0.2) is 44.4 Å². The summed E-state index contributed by atoms with van der Waals surface area (Å²) in [5.41, 5.74) is 1.22. The Labute approximate surface area is 173 Å². The summed E-state index contributed by atoms with van der Waals surface area (Å²) in [7, 11) is 0. The number of esters is 2. The lowest BCUT2D eigenvalue weighted by Crippen LogP contribution is -2.39. The summed E-state index contributed by atoms with van der Waals surface area (Å²) in [5.74, 6) is -0.547. The standard InChI is InChI=1S/C22H21NO7/c1-2-27-22(26)13-23(17-6-4-3-5-7-17)20(24)14-28-21(25)11-9-16-8-10-18-19(12-16)30-15-29-18/h3-12H,2,13-15H2,1H3/b11-9+. The summed E-state index contributed by atoms with van der Waals surface area (Å²) in [6.07, 6.45) is 2.76. The van der Waals surface area contributed by atoms with Gasteiger partial charge in [-0.15, -0.1) is 0 Å². The van der Waals surface area contributed by atoms with Crippen LogP contribution in [0.5, 0.6) is 11.5 Å². The van der Waals surface area contributed by atoms with E-state index in [1.807, 2.05) is 0 Å². The Hall–Kier alpha value is -3.81. The van der Waals surface area contributed by atoms with Crippen LogP contribution >= 0.6 is 0 Å². The summed E-state index contributed by atoms with van der Waals surface area (Å²) in [6, 6.07) is 13.9. The molecule has 8 heteroatoms. The number of amides is 1. The molecular formula is C22H21NO7. The molecule has 0 aromatic heterocycles. The smallest absolute Gasteiger partial charge is 0.331 e. The molecule has 1 heterocycles. The van der Waals surface area contributed by atoms with E-state index < -0.39 is 24.5 Å². The van der Waals surface area contributed by atoms with E-state index in [0.29, 0.717) is 17.2 Å². The molecule has 0 N–H and O–H groups in total. The topological polar surface area (TPSA) is 91.4 Å². The van der Waals surface area contributed by atoms with E-state index >= 15 is 0 Å². The minimum atomic E-state index is -0.690. The normalized spacial score (nSPS) is 11.9. The van der Waals surface area contributed by atoms with Crippen LogP contribution in [-0.2, 0) is 23.9 Å². The van der Waals surface area contributed by atoms with Gasteiger partial charge in [-0.3, -0.25) is 14.5 Å². The highest BCUT2D eigenvalue weighted by Crippen LogP contribution is 2.32. The molecule has 2 aromatic carbocycles. The molecule has 0 spiro atoms. The summed E-state index contributed by atoms with van der Waals surface area (Å²) >= 11 is 0. The van der Waals surface area contributed by atoms with E-state index in [4.69, 9.17) is 18.9 Å². The first-order valence-corrected chi connectivity index (χ1v) is 9.32. The molecule has 2 aromatic rings. The largest absolute Gasteiger partial charge is 0.465 e. The Morgan fingerprint density at radius 2 is 1.80 bits per heavy atom. The highest BCUT2D eigenvalue weighted by molar-refractivity contribution is 5.99. The summed E-state index contributed by atoms with van der Waals surface area (Å²) in [6.45, 7) is 1.26. The van der Waals surface area contributed by atoms with Gasteiger partial charge < -0.3 is 18.9 Å². The first-order valence-electron chi connectivity index (χ1n) is 9.32. The van der Waals surface area contributed by atoms with Crippen molar-refractivity contribution in [3.63, 3.8) is 0 Å². The first-order chi connectivity index (χ1) is 14.6. The van der Waals surface area contributed by atoms with Gasteiger partial charge in [-0.05, 0) is 42.8 Å². The lowest BCUT2D eigenvalue weighted by molar-refractivity contribution is -0.144. The molecule has 1 aliphatic heterocycles. The molecule has 1 aliphatic rings. The number of carbonyl (C=O) groups is 3. The van der Waals surface area contributed by atoms with E-state index in [9.17, 15) is 14.4 Å². The number of fused-ring (bicyclic) bond motifs is 1. The van der Waals surface area contributed by atoms with Crippen molar-refractivity contribution in [2.45, 2.75) is 6.92 Å². The van der Waals surface area contributed by atoms with E-state index in [0.717, 1.165) is 5.56 Å². The van der Waals surface area contributed by atoms with E-state index in [2.05, 4.69) is 0 Å². The van der Waals surface area contributed by atoms with Crippen LogP contribution in [0.4, 0.5) is 5.69 Å². The molecule has 0 unspecified atom stereocenters. The van der Waals surface area contributed by atoms with Crippen LogP contribution < -0.4 is 14.4 Å². The summed E-state index contributed by atoms with van der Waals surface area (Å²) in [5, 5.41) is 0. The van der Waals surface area contributed by atoms with Gasteiger partial charge in [0.05, 0.1) is 6.61 Å². The number of ether oxygens (including phenoxy) is 4. The predicted molar refractivity (Wildman–Crippen MR) is 108 cm³/mol. The number of hydrogen-bond acceptors (Lipinski definition) is 7. The van der Waals surface area contributed by atoms with Gasteiger partial charge in [0.25, 0.3) is 5.91 Å². The summed E-state index contributed by atoms with van der Waals surface area (Å²) in [4.78, 5) is 37.7. The zero-order chi connectivity index (χ0) is 21.3. The second-order valence-corrected chi connectivity index (χ2v) is 6.17. The molecule has 8 nitrogen and oxygen atoms in total. The molecule has 156 valence electrons. The lowest BCUT2D eigenvalue weighted by atomic mass is 10.2. The van der Waals surface area contributed by atoms with Crippen LogP contribution in [0.1, 0.15) is 12.5 Å². The average molecular weight is 411 g/mol. The number of para-hydroxylation sites is 1. The maximum absolute atomic E-state index is 12.6. The number of rotatable bonds is 8. The fraction of sp³-hybridized carbons (Fsp3) is 0.227. The molecular weight excluding hydrogens is 390 g/mol. The minimum absolute atomic E-state index is 0.163. The van der Waals surface area contributed by atoms with Gasteiger partial charge in [0.2, 0.25) is 6.79 Å². The van der Waals surface area contributed by atoms with Crippen molar-refractivity contribution in [3.05, 3.63) is 60.2 Å². The van der Waals surface area contributed by atoms with Gasteiger partial charge in [0.1, 0.15) is 6.54 Å². The third-order valence-electron chi connectivity index (χ3n) is 4.11. The fourth-order valence-electron chi connectivity index (χ4n) is 2.71. The number of carbonyl (C=O) groups excluding carboxylic acids is 3. The SMILES string of the molecule is CCOC(=O)CN(C(=O)COC(=O)/C=C/c1ccc2c(c1)OCO2)c1ccccc1. The molecule has 0 saturated heterocycles. The molecule has 0 fully saturated rings. The maximum atomic E-state index is 12.6. The minimum Gasteiger partial charge on any atom is -0.465 e. The number of hydrogen-bond donors (Lipinski definition) is 0. The van der Waals surface area contributed by atoms with Crippen LogP contribution in [0.25, 0.3) is 6.08 Å². The monoisotopic (exact) mass is 411 g/mol. The fourth-order valence-corrected chi connectivity index (χ4v) is 2.71. The van der Waals surface area contributed by atoms with Gasteiger partial charge in [0.15, 0.2) is 18.1 Å². The first kappa shape index (κ1) is 20.9. The van der Waals surface area contributed by atoms with Crippen molar-refractivity contribution in [3.8, 4) is 11.5 Å². The number of anilines is 1. The molecule has 30 heavy (non-hydrogen) atoms. The number of benzene rings is 2. The van der Waals surface area contributed by atoms with Crippen molar-refractivity contribution in [2.24, 2.45) is 0 Å². The quantitative estimate of drug-likeness (QED) is 0.487. The molecule has 0 saturated carbocycles. The van der Waals surface area contributed by atoms with Gasteiger partial charge in [0, 0.05) is 11.8 Å². The van der Waals surface area contributed by atoms with Gasteiger partial charge in [-0.1, -0.05) is 24.3 Å². The molecule has 3 rings (SSSR count). The van der Waals surface area contributed by atoms with Gasteiger partial charge >= 0.3 is 11.9 Å². The Morgan fingerprint density at radius 3 is 2.57 bits per heavy atom. The maximum Gasteiger partial charge on any atom is 0.331 e. The van der Waals surface area contributed by atoms with Crippen LogP contribution in [0.15, 0.2) is 54.6 Å². The Morgan fingerprint density at radius 1 is 1.03 bits per heavy atom. The Bertz CT molecular complexity index is 940. The predicted octanol–water partition coefficient (Wildman–Crippen LogP) is 2.57. The lowest BCUT2D eigenvalue weighted by Gasteiger charge is -2.21. The Kier molecular flexibility index (Phi) is 7.05. The van der Waals surface area contributed by atoms with E-state index in [1.165, 1.54) is 11.0 Å². The van der Waals surface area contributed by atoms with Gasteiger partial charge in [-0.2, -0.15) is 0 Å².